The molecule has 0 aliphatic rings. The van der Waals surface area contributed by atoms with Crippen molar-refractivity contribution in [2.45, 2.75) is 0 Å². The molecule has 0 bridgehead atoms. The molecule has 0 saturated carbocycles. The minimum atomic E-state index is -0.250. The summed E-state index contributed by atoms with van der Waals surface area (Å²) in [5.41, 5.74) is 2.04. The van der Waals surface area contributed by atoms with Crippen molar-refractivity contribution < 1.29 is 14.3 Å². The third-order valence-electron chi connectivity index (χ3n) is 3.32. The molecule has 0 aromatic heterocycles. The molecule has 0 atom stereocenters. The molecule has 0 fully saturated rings. The van der Waals surface area contributed by atoms with Gasteiger partial charge < -0.3 is 15.4 Å². The molecule has 128 valence electrons. The van der Waals surface area contributed by atoms with Crippen molar-refractivity contribution in [2.75, 3.05) is 19.0 Å². The van der Waals surface area contributed by atoms with Crippen molar-refractivity contribution >= 4 is 23.6 Å². The van der Waals surface area contributed by atoms with Crippen LogP contribution in [0.4, 0.5) is 5.69 Å². The second kappa shape index (κ2) is 9.08. The van der Waals surface area contributed by atoms with Gasteiger partial charge in [-0.05, 0) is 48.0 Å². The minimum absolute atomic E-state index is 0.168. The Balaban J connectivity index is 1.91. The predicted octanol–water partition coefficient (Wildman–Crippen LogP) is 3.26. The molecule has 2 amide bonds. The third kappa shape index (κ3) is 5.66. The zero-order valence-electron chi connectivity index (χ0n) is 14.0. The molecule has 2 aromatic rings. The van der Waals surface area contributed by atoms with Crippen LogP contribution in [0.1, 0.15) is 15.9 Å². The average molecular weight is 336 g/mol. The number of amides is 2. The number of anilines is 1. The van der Waals surface area contributed by atoms with Crippen LogP contribution in [0.15, 0.2) is 67.3 Å². The Morgan fingerprint density at radius 1 is 1.08 bits per heavy atom. The largest absolute Gasteiger partial charge is 0.490 e. The Bertz CT molecular complexity index is 763. The van der Waals surface area contributed by atoms with Gasteiger partial charge in [0.15, 0.2) is 0 Å². The molecular weight excluding hydrogens is 316 g/mol. The fraction of sp³-hybridized carbons (Fsp3) is 0.100. The van der Waals surface area contributed by atoms with Gasteiger partial charge in [-0.25, -0.2) is 0 Å². The maximum atomic E-state index is 12.0. The number of rotatable bonds is 7. The Morgan fingerprint density at radius 3 is 2.36 bits per heavy atom. The lowest BCUT2D eigenvalue weighted by Crippen LogP contribution is -2.17. The summed E-state index contributed by atoms with van der Waals surface area (Å²) in [6.45, 7) is 4.05. The normalized spacial score (nSPS) is 10.3. The third-order valence-corrected chi connectivity index (χ3v) is 3.32. The lowest BCUT2D eigenvalue weighted by molar-refractivity contribution is -0.111. The van der Waals surface area contributed by atoms with Crippen LogP contribution in [0.2, 0.25) is 0 Å². The van der Waals surface area contributed by atoms with Gasteiger partial charge >= 0.3 is 0 Å². The van der Waals surface area contributed by atoms with E-state index in [0.29, 0.717) is 17.9 Å². The Hall–Kier alpha value is -3.34. The number of hydrogen-bond acceptors (Lipinski definition) is 3. The predicted molar refractivity (Wildman–Crippen MR) is 99.6 cm³/mol. The van der Waals surface area contributed by atoms with Gasteiger partial charge in [0, 0.05) is 24.4 Å². The van der Waals surface area contributed by atoms with Crippen molar-refractivity contribution in [1.82, 2.24) is 5.32 Å². The van der Waals surface area contributed by atoms with Crippen LogP contribution in [0, 0.1) is 0 Å². The second-order valence-electron chi connectivity index (χ2n) is 5.15. The summed E-state index contributed by atoms with van der Waals surface area (Å²) < 4.78 is 5.40. The topological polar surface area (TPSA) is 67.4 Å². The van der Waals surface area contributed by atoms with E-state index in [9.17, 15) is 9.59 Å². The summed E-state index contributed by atoms with van der Waals surface area (Å²) in [5.74, 6) is 0.329. The fourth-order valence-electron chi connectivity index (χ4n) is 2.04. The highest BCUT2D eigenvalue weighted by Gasteiger charge is 2.03. The molecule has 0 spiro atoms. The van der Waals surface area contributed by atoms with Crippen LogP contribution in [0.3, 0.4) is 0 Å². The van der Waals surface area contributed by atoms with Crippen LogP contribution < -0.4 is 15.4 Å². The van der Waals surface area contributed by atoms with E-state index in [2.05, 4.69) is 17.2 Å². The Kier molecular flexibility index (Phi) is 6.54. The number of nitrogens with one attached hydrogen (secondary N) is 2. The number of carbonyl (C=O) groups excluding carboxylic acids is 2. The molecule has 2 rings (SSSR count). The van der Waals surface area contributed by atoms with Crippen molar-refractivity contribution in [3.8, 4) is 5.75 Å². The summed E-state index contributed by atoms with van der Waals surface area (Å²) in [6, 6.07) is 14.1. The Labute approximate surface area is 147 Å². The molecular formula is C20H20N2O3. The highest BCUT2D eigenvalue weighted by Crippen LogP contribution is 2.14. The molecule has 0 radical (unpaired) electrons. The molecule has 0 saturated heterocycles. The maximum Gasteiger partial charge on any atom is 0.251 e. The quantitative estimate of drug-likeness (QED) is 0.602. The highest BCUT2D eigenvalue weighted by molar-refractivity contribution is 6.02. The molecule has 0 unspecified atom stereocenters. The fourth-order valence-corrected chi connectivity index (χ4v) is 2.04. The highest BCUT2D eigenvalue weighted by atomic mass is 16.5. The van der Waals surface area contributed by atoms with Gasteiger partial charge in [0.2, 0.25) is 5.91 Å². The molecule has 2 N–H and O–H groups in total. The molecule has 5 nitrogen and oxygen atoms in total. The van der Waals surface area contributed by atoms with Gasteiger partial charge in [-0.2, -0.15) is 0 Å². The molecule has 2 aromatic carbocycles. The lowest BCUT2D eigenvalue weighted by atomic mass is 10.2. The van der Waals surface area contributed by atoms with E-state index in [1.54, 1.807) is 43.5 Å². The number of hydrogen-bond donors (Lipinski definition) is 2. The van der Waals surface area contributed by atoms with Gasteiger partial charge in [-0.15, -0.1) is 0 Å². The smallest absolute Gasteiger partial charge is 0.251 e. The van der Waals surface area contributed by atoms with Crippen molar-refractivity contribution in [3.05, 3.63) is 78.4 Å². The summed E-state index contributed by atoms with van der Waals surface area (Å²) in [6.07, 6.45) is 4.84. The zero-order chi connectivity index (χ0) is 18.1. The first-order valence-corrected chi connectivity index (χ1v) is 7.77. The van der Waals surface area contributed by atoms with E-state index in [1.165, 1.54) is 6.08 Å². The van der Waals surface area contributed by atoms with Gasteiger partial charge in [0.25, 0.3) is 5.91 Å². The van der Waals surface area contributed by atoms with Crippen LogP contribution in [-0.2, 0) is 4.79 Å². The van der Waals surface area contributed by atoms with Crippen LogP contribution in [-0.4, -0.2) is 25.5 Å². The minimum Gasteiger partial charge on any atom is -0.490 e. The van der Waals surface area contributed by atoms with Gasteiger partial charge in [0.1, 0.15) is 12.4 Å². The molecule has 5 heteroatoms. The SMILES string of the molecule is C=CCOc1ccc(C=CC(=O)Nc2ccc(C(=O)NC)cc2)cc1. The first-order valence-electron chi connectivity index (χ1n) is 7.77. The van der Waals surface area contributed by atoms with Crippen LogP contribution in [0.25, 0.3) is 6.08 Å². The zero-order valence-corrected chi connectivity index (χ0v) is 14.0. The van der Waals surface area contributed by atoms with E-state index in [-0.39, 0.29) is 11.8 Å². The maximum absolute atomic E-state index is 12.0. The first kappa shape index (κ1) is 18.0. The molecule has 0 aliphatic carbocycles. The van der Waals surface area contributed by atoms with Crippen molar-refractivity contribution in [1.29, 1.82) is 0 Å². The van der Waals surface area contributed by atoms with Crippen LogP contribution >= 0.6 is 0 Å². The first-order chi connectivity index (χ1) is 12.1. The van der Waals surface area contributed by atoms with Gasteiger partial charge in [-0.3, -0.25) is 9.59 Å². The summed E-state index contributed by atoms with van der Waals surface area (Å²) in [7, 11) is 1.57. The number of benzene rings is 2. The summed E-state index contributed by atoms with van der Waals surface area (Å²) in [5, 5.41) is 5.29. The van der Waals surface area contributed by atoms with Gasteiger partial charge in [0.05, 0.1) is 0 Å². The standard InChI is InChI=1S/C20H20N2O3/c1-3-14-25-18-11-4-15(5-12-18)6-13-19(23)22-17-9-7-16(8-10-17)20(24)21-2/h3-13H,1,14H2,2H3,(H,21,24)(H,22,23). The van der Waals surface area contributed by atoms with E-state index in [0.717, 1.165) is 11.3 Å². The lowest BCUT2D eigenvalue weighted by Gasteiger charge is -2.04. The van der Waals surface area contributed by atoms with Gasteiger partial charge in [-0.1, -0.05) is 24.8 Å². The van der Waals surface area contributed by atoms with E-state index in [4.69, 9.17) is 4.74 Å². The number of ether oxygens (including phenoxy) is 1. The molecule has 0 aliphatic heterocycles. The van der Waals surface area contributed by atoms with Crippen molar-refractivity contribution in [2.24, 2.45) is 0 Å². The van der Waals surface area contributed by atoms with Crippen molar-refractivity contribution in [3.63, 3.8) is 0 Å². The molecule has 25 heavy (non-hydrogen) atoms. The molecule has 0 heterocycles. The van der Waals surface area contributed by atoms with E-state index < -0.39 is 0 Å². The number of carbonyl (C=O) groups is 2. The van der Waals surface area contributed by atoms with E-state index >= 15 is 0 Å². The summed E-state index contributed by atoms with van der Waals surface area (Å²) >= 11 is 0. The van der Waals surface area contributed by atoms with E-state index in [1.807, 2.05) is 24.3 Å². The monoisotopic (exact) mass is 336 g/mol. The Morgan fingerprint density at radius 2 is 1.76 bits per heavy atom. The summed E-state index contributed by atoms with van der Waals surface area (Å²) in [4.78, 5) is 23.4. The second-order valence-corrected chi connectivity index (χ2v) is 5.15. The van der Waals surface area contributed by atoms with Crippen LogP contribution in [0.5, 0.6) is 5.75 Å². The average Bonchev–Trinajstić information content (AvgIpc) is 2.65.